The Balaban J connectivity index is 2.00. The fourth-order valence-electron chi connectivity index (χ4n) is 2.89. The van der Waals surface area contributed by atoms with Crippen LogP contribution in [0.4, 0.5) is 0 Å². The molecule has 1 atom stereocenters. The van der Waals surface area contributed by atoms with E-state index in [-0.39, 0.29) is 0 Å². The second kappa shape index (κ2) is 7.10. The normalized spacial score (nSPS) is 15.0. The van der Waals surface area contributed by atoms with Gasteiger partial charge in [-0.3, -0.25) is 9.59 Å². The summed E-state index contributed by atoms with van der Waals surface area (Å²) >= 11 is 0. The van der Waals surface area contributed by atoms with Crippen LogP contribution in [0.25, 0.3) is 0 Å². The van der Waals surface area contributed by atoms with Crippen LogP contribution in [0, 0.1) is 11.3 Å². The molecule has 2 amide bonds. The molecule has 0 aromatic heterocycles. The SMILES string of the molecule is CCC/C(=N\N1C(=O)c2ccccc2C1=O)C(C#N)c1ccccc1. The summed E-state index contributed by atoms with van der Waals surface area (Å²) in [7, 11) is 0. The number of nitriles is 1. The Hall–Kier alpha value is -3.26. The van der Waals surface area contributed by atoms with E-state index in [1.54, 1.807) is 24.3 Å². The van der Waals surface area contributed by atoms with Crippen molar-refractivity contribution in [2.75, 3.05) is 0 Å². The number of imide groups is 1. The van der Waals surface area contributed by atoms with E-state index in [4.69, 9.17) is 0 Å². The number of carbonyl (C=O) groups is 2. The molecule has 5 nitrogen and oxygen atoms in total. The molecule has 0 spiro atoms. The smallest absolute Gasteiger partial charge is 0.267 e. The summed E-state index contributed by atoms with van der Waals surface area (Å²) in [5.41, 5.74) is 2.01. The van der Waals surface area contributed by atoms with Gasteiger partial charge in [-0.15, -0.1) is 0 Å². The van der Waals surface area contributed by atoms with E-state index in [0.717, 1.165) is 17.0 Å². The standard InChI is InChI=1S/C20H17N3O2/c1-2-8-18(17(13-21)14-9-4-3-5-10-14)22-23-19(24)15-11-6-7-12-16(15)20(23)25/h3-7,9-12,17H,2,8H2,1H3/b22-18+. The lowest BCUT2D eigenvalue weighted by molar-refractivity contribution is 0.0658. The lowest BCUT2D eigenvalue weighted by Gasteiger charge is -2.15. The summed E-state index contributed by atoms with van der Waals surface area (Å²) < 4.78 is 0. The van der Waals surface area contributed by atoms with Crippen molar-refractivity contribution in [2.45, 2.75) is 25.7 Å². The van der Waals surface area contributed by atoms with Crippen LogP contribution in [-0.4, -0.2) is 22.5 Å². The van der Waals surface area contributed by atoms with E-state index in [2.05, 4.69) is 11.2 Å². The Kier molecular flexibility index (Phi) is 4.71. The van der Waals surface area contributed by atoms with Crippen molar-refractivity contribution in [1.82, 2.24) is 5.01 Å². The third kappa shape index (κ3) is 3.07. The van der Waals surface area contributed by atoms with Crippen LogP contribution in [0.2, 0.25) is 0 Å². The van der Waals surface area contributed by atoms with E-state index in [0.29, 0.717) is 23.3 Å². The first-order chi connectivity index (χ1) is 12.2. The van der Waals surface area contributed by atoms with Gasteiger partial charge in [0.15, 0.2) is 0 Å². The van der Waals surface area contributed by atoms with Gasteiger partial charge in [-0.05, 0) is 24.1 Å². The van der Waals surface area contributed by atoms with Gasteiger partial charge in [-0.25, -0.2) is 0 Å². The lowest BCUT2D eigenvalue weighted by atomic mass is 9.93. The fourth-order valence-corrected chi connectivity index (χ4v) is 2.89. The first kappa shape index (κ1) is 16.6. The molecule has 0 bridgehead atoms. The minimum Gasteiger partial charge on any atom is -0.267 e. The number of rotatable bonds is 5. The van der Waals surface area contributed by atoms with Crippen molar-refractivity contribution in [2.24, 2.45) is 5.10 Å². The van der Waals surface area contributed by atoms with Crippen molar-refractivity contribution in [3.63, 3.8) is 0 Å². The number of hydrogen-bond donors (Lipinski definition) is 0. The Bertz CT molecular complexity index is 846. The van der Waals surface area contributed by atoms with E-state index >= 15 is 0 Å². The topological polar surface area (TPSA) is 73.5 Å². The molecule has 3 rings (SSSR count). The molecule has 5 heteroatoms. The number of fused-ring (bicyclic) bond motifs is 1. The summed E-state index contributed by atoms with van der Waals surface area (Å²) in [6.45, 7) is 1.97. The summed E-state index contributed by atoms with van der Waals surface area (Å²) in [5.74, 6) is -1.48. The maximum atomic E-state index is 12.5. The minimum atomic E-state index is -0.592. The molecule has 1 heterocycles. The van der Waals surface area contributed by atoms with Gasteiger partial charge in [0.1, 0.15) is 5.92 Å². The van der Waals surface area contributed by atoms with E-state index in [1.165, 1.54) is 0 Å². The molecular weight excluding hydrogens is 314 g/mol. The van der Waals surface area contributed by atoms with Gasteiger partial charge in [-0.2, -0.15) is 15.4 Å². The van der Waals surface area contributed by atoms with Crippen LogP contribution in [0.1, 0.15) is 52.0 Å². The first-order valence-corrected chi connectivity index (χ1v) is 8.17. The van der Waals surface area contributed by atoms with Crippen molar-refractivity contribution in [3.05, 3.63) is 71.3 Å². The van der Waals surface area contributed by atoms with E-state index in [9.17, 15) is 14.9 Å². The molecule has 0 aliphatic carbocycles. The first-order valence-electron chi connectivity index (χ1n) is 8.17. The third-order valence-corrected chi connectivity index (χ3v) is 4.10. The zero-order chi connectivity index (χ0) is 17.8. The second-order valence-corrected chi connectivity index (χ2v) is 5.78. The highest BCUT2D eigenvalue weighted by atomic mass is 16.2. The van der Waals surface area contributed by atoms with Crippen molar-refractivity contribution in [1.29, 1.82) is 5.26 Å². The molecule has 0 saturated heterocycles. The summed E-state index contributed by atoms with van der Waals surface area (Å²) in [5, 5.41) is 14.8. The fraction of sp³-hybridized carbons (Fsp3) is 0.200. The van der Waals surface area contributed by atoms with Gasteiger partial charge in [0.05, 0.1) is 22.9 Å². The maximum absolute atomic E-state index is 12.5. The molecule has 2 aromatic rings. The molecule has 1 aliphatic heterocycles. The van der Waals surface area contributed by atoms with E-state index in [1.807, 2.05) is 37.3 Å². The minimum absolute atomic E-state index is 0.348. The van der Waals surface area contributed by atoms with Crippen LogP contribution in [0.15, 0.2) is 59.7 Å². The summed E-state index contributed by atoms with van der Waals surface area (Å²) in [6.07, 6.45) is 1.29. The van der Waals surface area contributed by atoms with Gasteiger partial charge < -0.3 is 0 Å². The molecule has 124 valence electrons. The number of benzene rings is 2. The maximum Gasteiger partial charge on any atom is 0.282 e. The monoisotopic (exact) mass is 331 g/mol. The van der Waals surface area contributed by atoms with E-state index < -0.39 is 17.7 Å². The highest BCUT2D eigenvalue weighted by Gasteiger charge is 2.36. The zero-order valence-corrected chi connectivity index (χ0v) is 13.8. The quantitative estimate of drug-likeness (QED) is 0.618. The summed E-state index contributed by atoms with van der Waals surface area (Å²) in [6, 6.07) is 18.2. The average Bonchev–Trinajstić information content (AvgIpc) is 2.89. The lowest BCUT2D eigenvalue weighted by Crippen LogP contribution is -2.27. The molecular formula is C20H17N3O2. The molecule has 1 unspecified atom stereocenters. The van der Waals surface area contributed by atoms with Crippen LogP contribution in [0.5, 0.6) is 0 Å². The van der Waals surface area contributed by atoms with Crippen molar-refractivity contribution in [3.8, 4) is 6.07 Å². The molecule has 0 fully saturated rings. The van der Waals surface area contributed by atoms with Crippen molar-refractivity contribution >= 4 is 17.5 Å². The number of hydrazone groups is 1. The van der Waals surface area contributed by atoms with Gasteiger partial charge in [0.25, 0.3) is 11.8 Å². The third-order valence-electron chi connectivity index (χ3n) is 4.10. The van der Waals surface area contributed by atoms with Crippen LogP contribution in [0.3, 0.4) is 0 Å². The highest BCUT2D eigenvalue weighted by Crippen LogP contribution is 2.25. The predicted octanol–water partition coefficient (Wildman–Crippen LogP) is 3.75. The number of carbonyl (C=O) groups excluding carboxylic acids is 2. The van der Waals surface area contributed by atoms with Crippen LogP contribution in [-0.2, 0) is 0 Å². The van der Waals surface area contributed by atoms with Crippen LogP contribution < -0.4 is 0 Å². The highest BCUT2D eigenvalue weighted by molar-refractivity contribution is 6.21. The van der Waals surface area contributed by atoms with Crippen molar-refractivity contribution < 1.29 is 9.59 Å². The Labute approximate surface area is 146 Å². The Morgan fingerprint density at radius 3 is 2.12 bits per heavy atom. The van der Waals surface area contributed by atoms with Gasteiger partial charge in [-0.1, -0.05) is 55.8 Å². The second-order valence-electron chi connectivity index (χ2n) is 5.78. The molecule has 0 saturated carbocycles. The number of amides is 2. The Morgan fingerprint density at radius 1 is 1.04 bits per heavy atom. The molecule has 0 N–H and O–H groups in total. The van der Waals surface area contributed by atoms with Gasteiger partial charge >= 0.3 is 0 Å². The van der Waals surface area contributed by atoms with Gasteiger partial charge in [0.2, 0.25) is 0 Å². The predicted molar refractivity (Wildman–Crippen MR) is 94.1 cm³/mol. The number of nitrogens with zero attached hydrogens (tertiary/aromatic N) is 3. The Morgan fingerprint density at radius 2 is 1.60 bits per heavy atom. The molecule has 2 aromatic carbocycles. The molecule has 0 radical (unpaired) electrons. The summed E-state index contributed by atoms with van der Waals surface area (Å²) in [4.78, 5) is 25.0. The molecule has 25 heavy (non-hydrogen) atoms. The van der Waals surface area contributed by atoms with Gasteiger partial charge in [0, 0.05) is 0 Å². The average molecular weight is 331 g/mol. The van der Waals surface area contributed by atoms with Crippen LogP contribution >= 0.6 is 0 Å². The number of hydrogen-bond acceptors (Lipinski definition) is 4. The largest absolute Gasteiger partial charge is 0.282 e. The zero-order valence-electron chi connectivity index (χ0n) is 13.8. The molecule has 1 aliphatic rings.